The standard InChI is InChI=1S/C29H27F2N5O4/c1-29(2,3)40-28(39)36-18-5-4-15(9-18)25(36)27(38)34-17(13-33)8-16-10-21-19(11-22(16)30)20-6-14(12-32)7-23(31)24(20)35-26(21)37/h6-7,10-11,15,17-18,25H,4-5,8-9H2,1-3H3,(H,34,38)(H,35,37). The third-order valence-corrected chi connectivity index (χ3v) is 7.53. The minimum Gasteiger partial charge on any atom is -0.444 e. The van der Waals surface area contributed by atoms with E-state index in [1.807, 2.05) is 12.1 Å². The predicted octanol–water partition coefficient (Wildman–Crippen LogP) is 4.17. The number of ether oxygens (including phenoxy) is 1. The van der Waals surface area contributed by atoms with Crippen LogP contribution in [0.15, 0.2) is 29.1 Å². The molecule has 40 heavy (non-hydrogen) atoms. The highest BCUT2D eigenvalue weighted by Gasteiger charge is 2.52. The molecule has 1 saturated carbocycles. The van der Waals surface area contributed by atoms with Gasteiger partial charge in [0.25, 0.3) is 5.56 Å². The van der Waals surface area contributed by atoms with Crippen molar-refractivity contribution in [3.63, 3.8) is 0 Å². The van der Waals surface area contributed by atoms with Gasteiger partial charge in [-0.1, -0.05) is 0 Å². The van der Waals surface area contributed by atoms with Crippen molar-refractivity contribution in [3.8, 4) is 12.1 Å². The summed E-state index contributed by atoms with van der Waals surface area (Å²) >= 11 is 0. The Labute approximate surface area is 228 Å². The maximum absolute atomic E-state index is 15.3. The van der Waals surface area contributed by atoms with Gasteiger partial charge in [-0.2, -0.15) is 10.5 Å². The molecule has 5 rings (SSSR count). The van der Waals surface area contributed by atoms with Crippen LogP contribution in [0.5, 0.6) is 0 Å². The molecule has 11 heteroatoms. The van der Waals surface area contributed by atoms with Crippen LogP contribution >= 0.6 is 0 Å². The number of hydrogen-bond donors (Lipinski definition) is 2. The summed E-state index contributed by atoms with van der Waals surface area (Å²) in [5.41, 5.74) is -1.55. The lowest BCUT2D eigenvalue weighted by molar-refractivity contribution is -0.128. The molecule has 1 aromatic heterocycles. The van der Waals surface area contributed by atoms with Crippen LogP contribution in [0.25, 0.3) is 21.7 Å². The van der Waals surface area contributed by atoms with Gasteiger partial charge in [-0.25, -0.2) is 13.6 Å². The van der Waals surface area contributed by atoms with Crippen LogP contribution in [0.4, 0.5) is 13.6 Å². The number of halogens is 2. The number of nitriles is 2. The summed E-state index contributed by atoms with van der Waals surface area (Å²) in [4.78, 5) is 42.9. The second-order valence-corrected chi connectivity index (χ2v) is 11.4. The summed E-state index contributed by atoms with van der Waals surface area (Å²) in [5, 5.41) is 22.0. The number of aromatic amines is 1. The third-order valence-electron chi connectivity index (χ3n) is 7.53. The van der Waals surface area contributed by atoms with Crippen LogP contribution in [0.2, 0.25) is 0 Å². The fraction of sp³-hybridized carbons (Fsp3) is 0.414. The molecule has 2 N–H and O–H groups in total. The fourth-order valence-corrected chi connectivity index (χ4v) is 5.89. The molecule has 2 heterocycles. The molecule has 4 unspecified atom stereocenters. The quantitative estimate of drug-likeness (QED) is 0.470. The van der Waals surface area contributed by atoms with E-state index in [2.05, 4.69) is 10.3 Å². The van der Waals surface area contributed by atoms with Crippen molar-refractivity contribution >= 4 is 33.7 Å². The summed E-state index contributed by atoms with van der Waals surface area (Å²) in [5.74, 6) is -2.16. The van der Waals surface area contributed by atoms with Crippen molar-refractivity contribution in [2.24, 2.45) is 5.92 Å². The molecule has 2 amide bonds. The van der Waals surface area contributed by atoms with Gasteiger partial charge < -0.3 is 15.0 Å². The molecule has 1 saturated heterocycles. The van der Waals surface area contributed by atoms with Gasteiger partial charge in [-0.05, 0) is 81.2 Å². The molecule has 3 aromatic rings. The molecule has 1 aliphatic heterocycles. The van der Waals surface area contributed by atoms with E-state index < -0.39 is 46.9 Å². The number of hydrogen-bond acceptors (Lipinski definition) is 6. The van der Waals surface area contributed by atoms with Crippen LogP contribution in [0.3, 0.4) is 0 Å². The lowest BCUT2D eigenvalue weighted by atomic mass is 9.96. The van der Waals surface area contributed by atoms with Gasteiger partial charge >= 0.3 is 6.09 Å². The molecular formula is C29H27F2N5O4. The normalized spacial score (nSPS) is 20.8. The largest absolute Gasteiger partial charge is 0.444 e. The van der Waals surface area contributed by atoms with Crippen molar-refractivity contribution < 1.29 is 23.1 Å². The summed E-state index contributed by atoms with van der Waals surface area (Å²) in [7, 11) is 0. The highest BCUT2D eigenvalue weighted by Crippen LogP contribution is 2.43. The van der Waals surface area contributed by atoms with E-state index in [9.17, 15) is 29.3 Å². The predicted molar refractivity (Wildman–Crippen MR) is 141 cm³/mol. The Balaban J connectivity index is 1.42. The zero-order valence-corrected chi connectivity index (χ0v) is 22.2. The first kappa shape index (κ1) is 27.1. The number of nitrogens with one attached hydrogen (secondary N) is 2. The molecular weight excluding hydrogens is 520 g/mol. The zero-order valence-electron chi connectivity index (χ0n) is 22.2. The zero-order chi connectivity index (χ0) is 28.9. The number of rotatable bonds is 4. The Bertz CT molecular complexity index is 1700. The highest BCUT2D eigenvalue weighted by molar-refractivity contribution is 6.06. The summed E-state index contributed by atoms with van der Waals surface area (Å²) in [6.45, 7) is 5.22. The molecule has 0 radical (unpaired) electrons. The molecule has 4 atom stereocenters. The molecule has 9 nitrogen and oxygen atoms in total. The number of amides is 2. The molecule has 2 aliphatic rings. The number of piperidine rings is 1. The third kappa shape index (κ3) is 4.84. The minimum atomic E-state index is -1.15. The van der Waals surface area contributed by atoms with E-state index in [1.165, 1.54) is 17.0 Å². The number of aromatic nitrogens is 1. The van der Waals surface area contributed by atoms with Gasteiger partial charge in [-0.15, -0.1) is 0 Å². The number of carbonyl (C=O) groups is 2. The second kappa shape index (κ2) is 9.91. The van der Waals surface area contributed by atoms with Gasteiger partial charge in [0.05, 0.1) is 23.2 Å². The van der Waals surface area contributed by atoms with Crippen molar-refractivity contribution in [2.45, 2.75) is 70.2 Å². The van der Waals surface area contributed by atoms with Crippen LogP contribution in [-0.4, -0.2) is 45.6 Å². The average molecular weight is 548 g/mol. The second-order valence-electron chi connectivity index (χ2n) is 11.4. The van der Waals surface area contributed by atoms with Crippen LogP contribution in [0, 0.1) is 40.2 Å². The number of pyridine rings is 1. The van der Waals surface area contributed by atoms with Crippen molar-refractivity contribution in [1.82, 2.24) is 15.2 Å². The Hall–Kier alpha value is -4.51. The fourth-order valence-electron chi connectivity index (χ4n) is 5.89. The summed E-state index contributed by atoms with van der Waals surface area (Å²) in [6, 6.07) is 6.40. The Morgan fingerprint density at radius 2 is 1.88 bits per heavy atom. The molecule has 2 bridgehead atoms. The first-order valence-corrected chi connectivity index (χ1v) is 13.0. The average Bonchev–Trinajstić information content (AvgIpc) is 3.50. The lowest BCUT2D eigenvalue weighted by Crippen LogP contribution is -2.55. The van der Waals surface area contributed by atoms with E-state index in [4.69, 9.17) is 4.74 Å². The Kier molecular flexibility index (Phi) is 6.70. The van der Waals surface area contributed by atoms with E-state index in [1.54, 1.807) is 20.8 Å². The lowest BCUT2D eigenvalue weighted by Gasteiger charge is -2.35. The first-order valence-electron chi connectivity index (χ1n) is 13.0. The number of nitrogens with zero attached hydrogens (tertiary/aromatic N) is 3. The van der Waals surface area contributed by atoms with E-state index in [0.29, 0.717) is 6.42 Å². The Morgan fingerprint density at radius 1 is 1.12 bits per heavy atom. The van der Waals surface area contributed by atoms with Crippen molar-refractivity contribution in [1.29, 1.82) is 10.5 Å². The molecule has 2 fully saturated rings. The SMILES string of the molecule is CC(C)(C)OC(=O)N1C2CCC(C2)C1C(=O)NC(C#N)Cc1cc2c(=O)[nH]c3c(F)cc(C#N)cc3c2cc1F. The van der Waals surface area contributed by atoms with Crippen molar-refractivity contribution in [2.75, 3.05) is 0 Å². The number of likely N-dealkylation sites (tertiary alicyclic amines) is 1. The number of carbonyl (C=O) groups excluding carboxylic acids is 2. The highest BCUT2D eigenvalue weighted by atomic mass is 19.1. The smallest absolute Gasteiger partial charge is 0.411 e. The Morgan fingerprint density at radius 3 is 2.55 bits per heavy atom. The van der Waals surface area contributed by atoms with E-state index >= 15 is 4.39 Å². The minimum absolute atomic E-state index is 0.00180. The molecule has 2 aromatic carbocycles. The van der Waals surface area contributed by atoms with E-state index in [-0.39, 0.29) is 51.2 Å². The number of H-pyrrole nitrogens is 1. The van der Waals surface area contributed by atoms with Gasteiger partial charge in [0.2, 0.25) is 5.91 Å². The van der Waals surface area contributed by atoms with Crippen LogP contribution < -0.4 is 10.9 Å². The maximum Gasteiger partial charge on any atom is 0.411 e. The van der Waals surface area contributed by atoms with Crippen LogP contribution in [-0.2, 0) is 16.0 Å². The maximum atomic E-state index is 15.3. The number of benzene rings is 2. The monoisotopic (exact) mass is 547 g/mol. The first-order chi connectivity index (χ1) is 18.9. The van der Waals surface area contributed by atoms with Crippen LogP contribution in [0.1, 0.15) is 51.2 Å². The van der Waals surface area contributed by atoms with Gasteiger partial charge in [0.1, 0.15) is 29.3 Å². The van der Waals surface area contributed by atoms with Gasteiger partial charge in [0, 0.05) is 23.2 Å². The summed E-state index contributed by atoms with van der Waals surface area (Å²) < 4.78 is 35.3. The number of fused-ring (bicyclic) bond motifs is 5. The van der Waals surface area contributed by atoms with Gasteiger partial charge in [0.15, 0.2) is 0 Å². The van der Waals surface area contributed by atoms with E-state index in [0.717, 1.165) is 25.0 Å². The van der Waals surface area contributed by atoms with Gasteiger partial charge in [-0.3, -0.25) is 14.5 Å². The summed E-state index contributed by atoms with van der Waals surface area (Å²) in [6.07, 6.45) is 1.36. The molecule has 206 valence electrons. The van der Waals surface area contributed by atoms with Crippen molar-refractivity contribution in [3.05, 3.63) is 57.4 Å². The topological polar surface area (TPSA) is 139 Å². The molecule has 0 spiro atoms. The molecule has 1 aliphatic carbocycles.